The van der Waals surface area contributed by atoms with Gasteiger partial charge in [-0.15, -0.1) is 24.0 Å². The van der Waals surface area contributed by atoms with Crippen LogP contribution in [-0.4, -0.2) is 55.7 Å². The molecular formula is C23H35IN4O. The molecule has 0 radical (unpaired) electrons. The van der Waals surface area contributed by atoms with E-state index < -0.39 is 0 Å². The molecule has 29 heavy (non-hydrogen) atoms. The van der Waals surface area contributed by atoms with E-state index in [9.17, 15) is 0 Å². The SMILES string of the molecule is CCNC(=NCCOc1cccc2ccccc12)NC1CCN(C(C)C)CC1.I. The molecule has 160 valence electrons. The number of piperidine rings is 1. The van der Waals surface area contributed by atoms with E-state index in [-0.39, 0.29) is 24.0 Å². The summed E-state index contributed by atoms with van der Waals surface area (Å²) in [6.45, 7) is 11.0. The second-order valence-electron chi connectivity index (χ2n) is 7.63. The van der Waals surface area contributed by atoms with Crippen LogP contribution in [0.25, 0.3) is 10.8 Å². The highest BCUT2D eigenvalue weighted by molar-refractivity contribution is 14.0. The van der Waals surface area contributed by atoms with Crippen LogP contribution in [0.3, 0.4) is 0 Å². The number of likely N-dealkylation sites (tertiary alicyclic amines) is 1. The first kappa shape index (κ1) is 23.7. The van der Waals surface area contributed by atoms with E-state index in [0.29, 0.717) is 25.2 Å². The molecule has 3 rings (SSSR count). The number of benzene rings is 2. The molecular weight excluding hydrogens is 475 g/mol. The largest absolute Gasteiger partial charge is 0.491 e. The van der Waals surface area contributed by atoms with Gasteiger partial charge in [0, 0.05) is 37.1 Å². The molecule has 2 aromatic carbocycles. The molecule has 1 aliphatic heterocycles. The van der Waals surface area contributed by atoms with Gasteiger partial charge in [0.05, 0.1) is 6.54 Å². The molecule has 0 amide bonds. The second-order valence-corrected chi connectivity index (χ2v) is 7.63. The van der Waals surface area contributed by atoms with Crippen molar-refractivity contribution in [1.82, 2.24) is 15.5 Å². The van der Waals surface area contributed by atoms with E-state index in [1.165, 1.54) is 5.39 Å². The van der Waals surface area contributed by atoms with Crippen LogP contribution in [0.5, 0.6) is 5.75 Å². The number of halogens is 1. The molecule has 1 saturated heterocycles. The average molecular weight is 510 g/mol. The van der Waals surface area contributed by atoms with Crippen molar-refractivity contribution in [3.63, 3.8) is 0 Å². The Bertz CT molecular complexity index is 767. The number of nitrogens with one attached hydrogen (secondary N) is 2. The summed E-state index contributed by atoms with van der Waals surface area (Å²) in [5, 5.41) is 9.31. The van der Waals surface area contributed by atoms with Gasteiger partial charge in [0.25, 0.3) is 0 Å². The lowest BCUT2D eigenvalue weighted by molar-refractivity contribution is 0.167. The van der Waals surface area contributed by atoms with Crippen molar-refractivity contribution < 1.29 is 4.74 Å². The van der Waals surface area contributed by atoms with Crippen LogP contribution >= 0.6 is 24.0 Å². The first-order valence-corrected chi connectivity index (χ1v) is 10.6. The zero-order valence-corrected chi connectivity index (χ0v) is 20.2. The number of hydrogen-bond donors (Lipinski definition) is 2. The molecule has 0 atom stereocenters. The second kappa shape index (κ2) is 12.2. The van der Waals surface area contributed by atoms with Gasteiger partial charge < -0.3 is 20.3 Å². The summed E-state index contributed by atoms with van der Waals surface area (Å²) < 4.78 is 6.01. The van der Waals surface area contributed by atoms with Gasteiger partial charge in [-0.2, -0.15) is 0 Å². The number of ether oxygens (including phenoxy) is 1. The lowest BCUT2D eigenvalue weighted by atomic mass is 10.0. The molecule has 1 fully saturated rings. The first-order valence-electron chi connectivity index (χ1n) is 10.6. The van der Waals surface area contributed by atoms with Gasteiger partial charge in [-0.3, -0.25) is 0 Å². The van der Waals surface area contributed by atoms with Crippen molar-refractivity contribution >= 4 is 40.7 Å². The molecule has 2 aromatic rings. The van der Waals surface area contributed by atoms with Crippen molar-refractivity contribution in [3.8, 4) is 5.75 Å². The minimum Gasteiger partial charge on any atom is -0.491 e. The van der Waals surface area contributed by atoms with Crippen molar-refractivity contribution in [2.45, 2.75) is 45.7 Å². The molecule has 0 bridgehead atoms. The quantitative estimate of drug-likeness (QED) is 0.253. The number of nitrogens with zero attached hydrogens (tertiary/aromatic N) is 2. The summed E-state index contributed by atoms with van der Waals surface area (Å²) in [5.74, 6) is 1.82. The fourth-order valence-corrected chi connectivity index (χ4v) is 3.71. The average Bonchev–Trinajstić information content (AvgIpc) is 2.71. The lowest BCUT2D eigenvalue weighted by Gasteiger charge is -2.35. The molecule has 0 aliphatic carbocycles. The Morgan fingerprint density at radius 3 is 2.59 bits per heavy atom. The summed E-state index contributed by atoms with van der Waals surface area (Å²) >= 11 is 0. The maximum atomic E-state index is 6.01. The zero-order valence-electron chi connectivity index (χ0n) is 17.9. The summed E-state index contributed by atoms with van der Waals surface area (Å²) in [4.78, 5) is 7.25. The number of fused-ring (bicyclic) bond motifs is 1. The van der Waals surface area contributed by atoms with Gasteiger partial charge >= 0.3 is 0 Å². The topological polar surface area (TPSA) is 48.9 Å². The highest BCUT2D eigenvalue weighted by Gasteiger charge is 2.21. The van der Waals surface area contributed by atoms with Crippen molar-refractivity contribution in [2.75, 3.05) is 32.8 Å². The molecule has 0 saturated carbocycles. The normalized spacial score (nSPS) is 15.9. The number of rotatable bonds is 7. The van der Waals surface area contributed by atoms with Crippen LogP contribution in [0, 0.1) is 0 Å². The van der Waals surface area contributed by atoms with Gasteiger partial charge in [-0.05, 0) is 45.1 Å². The fraction of sp³-hybridized carbons (Fsp3) is 0.522. The summed E-state index contributed by atoms with van der Waals surface area (Å²) in [6.07, 6.45) is 2.32. The third kappa shape index (κ3) is 7.03. The monoisotopic (exact) mass is 510 g/mol. The third-order valence-corrected chi connectivity index (χ3v) is 5.31. The molecule has 2 N–H and O–H groups in total. The molecule has 1 aliphatic rings. The Labute approximate surface area is 192 Å². The maximum Gasteiger partial charge on any atom is 0.191 e. The van der Waals surface area contributed by atoms with Crippen molar-refractivity contribution in [3.05, 3.63) is 42.5 Å². The molecule has 0 aromatic heterocycles. The third-order valence-electron chi connectivity index (χ3n) is 5.31. The highest BCUT2D eigenvalue weighted by atomic mass is 127. The Balaban J connectivity index is 0.00000300. The zero-order chi connectivity index (χ0) is 19.8. The van der Waals surface area contributed by atoms with Gasteiger partial charge in [0.15, 0.2) is 5.96 Å². The summed E-state index contributed by atoms with van der Waals surface area (Å²) in [5.41, 5.74) is 0. The molecule has 1 heterocycles. The van der Waals surface area contributed by atoms with Crippen LogP contribution in [0.4, 0.5) is 0 Å². The van der Waals surface area contributed by atoms with E-state index in [1.54, 1.807) is 0 Å². The van der Waals surface area contributed by atoms with Gasteiger partial charge in [0.1, 0.15) is 12.4 Å². The van der Waals surface area contributed by atoms with E-state index in [0.717, 1.165) is 49.6 Å². The summed E-state index contributed by atoms with van der Waals surface area (Å²) in [7, 11) is 0. The van der Waals surface area contributed by atoms with Crippen LogP contribution < -0.4 is 15.4 Å². The lowest BCUT2D eigenvalue weighted by Crippen LogP contribution is -2.50. The fourth-order valence-electron chi connectivity index (χ4n) is 3.71. The van der Waals surface area contributed by atoms with E-state index in [2.05, 4.69) is 60.6 Å². The van der Waals surface area contributed by atoms with Crippen molar-refractivity contribution in [1.29, 1.82) is 0 Å². The minimum absolute atomic E-state index is 0. The van der Waals surface area contributed by atoms with Crippen LogP contribution in [0.1, 0.15) is 33.6 Å². The standard InChI is InChI=1S/C23H34N4O.HI/c1-4-24-23(26-20-12-15-27(16-13-20)18(2)3)25-14-17-28-22-11-7-9-19-8-5-6-10-21(19)22;/h5-11,18,20H,4,12-17H2,1-3H3,(H2,24,25,26);1H. The van der Waals surface area contributed by atoms with Crippen LogP contribution in [0.15, 0.2) is 47.5 Å². The Morgan fingerprint density at radius 1 is 1.14 bits per heavy atom. The highest BCUT2D eigenvalue weighted by Crippen LogP contribution is 2.24. The molecule has 6 heteroatoms. The maximum absolute atomic E-state index is 6.01. The predicted molar refractivity (Wildman–Crippen MR) is 134 cm³/mol. The van der Waals surface area contributed by atoms with E-state index in [1.807, 2.05) is 18.2 Å². The first-order chi connectivity index (χ1) is 13.7. The minimum atomic E-state index is 0. The van der Waals surface area contributed by atoms with Gasteiger partial charge in [-0.25, -0.2) is 4.99 Å². The summed E-state index contributed by atoms with van der Waals surface area (Å²) in [6, 6.07) is 15.6. The van der Waals surface area contributed by atoms with E-state index >= 15 is 0 Å². The van der Waals surface area contributed by atoms with Gasteiger partial charge in [-0.1, -0.05) is 36.4 Å². The van der Waals surface area contributed by atoms with Crippen molar-refractivity contribution in [2.24, 2.45) is 4.99 Å². The molecule has 0 spiro atoms. The predicted octanol–water partition coefficient (Wildman–Crippen LogP) is 4.26. The molecule has 5 nitrogen and oxygen atoms in total. The van der Waals surface area contributed by atoms with Crippen LogP contribution in [-0.2, 0) is 0 Å². The Hall–Kier alpha value is -1.54. The number of hydrogen-bond acceptors (Lipinski definition) is 3. The smallest absolute Gasteiger partial charge is 0.191 e. The molecule has 0 unspecified atom stereocenters. The number of aliphatic imine (C=N–C) groups is 1. The van der Waals surface area contributed by atoms with Crippen LogP contribution in [0.2, 0.25) is 0 Å². The Morgan fingerprint density at radius 2 is 1.86 bits per heavy atom. The van der Waals surface area contributed by atoms with Gasteiger partial charge in [0.2, 0.25) is 0 Å². The van der Waals surface area contributed by atoms with E-state index in [4.69, 9.17) is 9.73 Å². The Kier molecular flexibility index (Phi) is 10.0. The number of guanidine groups is 1.